The van der Waals surface area contributed by atoms with E-state index in [0.717, 1.165) is 38.7 Å². The molecule has 4 nitrogen and oxygen atoms in total. The summed E-state index contributed by atoms with van der Waals surface area (Å²) in [6.45, 7) is 1.66. The van der Waals surface area contributed by atoms with Crippen LogP contribution in [0.3, 0.4) is 0 Å². The topological polar surface area (TPSA) is 55.8 Å². The number of rotatable bonds is 9. The molecule has 0 atom stereocenters. The van der Waals surface area contributed by atoms with Crippen molar-refractivity contribution in [2.24, 2.45) is 0 Å². The Bertz CT molecular complexity index is 1030. The van der Waals surface area contributed by atoms with Gasteiger partial charge in [-0.25, -0.2) is 4.79 Å². The Morgan fingerprint density at radius 1 is 1.03 bits per heavy atom. The molecular formula is C25H24O4S. The molecule has 0 radical (unpaired) electrons. The number of para-hydroxylation sites is 1. The molecule has 0 unspecified atom stereocenters. The van der Waals surface area contributed by atoms with Gasteiger partial charge >= 0.3 is 5.97 Å². The molecule has 0 aliphatic heterocycles. The van der Waals surface area contributed by atoms with Crippen molar-refractivity contribution in [1.29, 1.82) is 0 Å². The van der Waals surface area contributed by atoms with Gasteiger partial charge in [0.25, 0.3) is 0 Å². The number of hydrogen-bond donors (Lipinski definition) is 1. The molecule has 3 aromatic rings. The van der Waals surface area contributed by atoms with Crippen LogP contribution in [-0.4, -0.2) is 30.5 Å². The van der Waals surface area contributed by atoms with Crippen molar-refractivity contribution in [2.45, 2.75) is 11.8 Å². The van der Waals surface area contributed by atoms with Gasteiger partial charge in [-0.05, 0) is 47.9 Å². The third kappa shape index (κ3) is 5.67. The van der Waals surface area contributed by atoms with Gasteiger partial charge in [-0.1, -0.05) is 54.6 Å². The molecular weight excluding hydrogens is 396 g/mol. The normalized spacial score (nSPS) is 11.2. The molecule has 154 valence electrons. The van der Waals surface area contributed by atoms with Crippen LogP contribution in [0.15, 0.2) is 83.8 Å². The zero-order chi connectivity index (χ0) is 21.3. The summed E-state index contributed by atoms with van der Waals surface area (Å²) in [4.78, 5) is 11.8. The number of carbonyl (C=O) groups is 1. The van der Waals surface area contributed by atoms with Crippen LogP contribution >= 0.6 is 11.8 Å². The fourth-order valence-electron chi connectivity index (χ4n) is 3.10. The van der Waals surface area contributed by atoms with Gasteiger partial charge in [0, 0.05) is 16.2 Å². The first-order valence-electron chi connectivity index (χ1n) is 9.55. The van der Waals surface area contributed by atoms with E-state index < -0.39 is 5.97 Å². The highest BCUT2D eigenvalue weighted by Gasteiger charge is 2.10. The van der Waals surface area contributed by atoms with E-state index in [9.17, 15) is 4.79 Å². The maximum atomic E-state index is 10.7. The summed E-state index contributed by atoms with van der Waals surface area (Å²) in [5.74, 6) is 1.20. The van der Waals surface area contributed by atoms with Crippen LogP contribution in [0.5, 0.6) is 11.5 Å². The lowest BCUT2D eigenvalue weighted by Crippen LogP contribution is -2.09. The number of carboxylic acids is 1. The van der Waals surface area contributed by atoms with E-state index in [4.69, 9.17) is 14.6 Å². The van der Waals surface area contributed by atoms with Crippen molar-refractivity contribution in [2.75, 3.05) is 19.5 Å². The van der Waals surface area contributed by atoms with Crippen LogP contribution in [-0.2, 0) is 4.79 Å². The second kappa shape index (κ2) is 10.6. The average Bonchev–Trinajstić information content (AvgIpc) is 2.77. The largest absolute Gasteiger partial charge is 0.496 e. The molecule has 1 N–H and O–H groups in total. The summed E-state index contributed by atoms with van der Waals surface area (Å²) >= 11 is 1.72. The Labute approximate surface area is 181 Å². The van der Waals surface area contributed by atoms with Gasteiger partial charge < -0.3 is 14.6 Å². The standard InChI is InChI=1S/C25H24O4S/c1-18-16-20(29-17-25(26)27)12-13-24(18)30-15-14-21(19-8-4-3-5-9-19)22-10-6-7-11-23(22)28-2/h3-14,16H,15,17H2,1-2H3,(H,26,27)/b21-14-. The predicted molar refractivity (Wildman–Crippen MR) is 122 cm³/mol. The minimum absolute atomic E-state index is 0.339. The lowest BCUT2D eigenvalue weighted by atomic mass is 9.97. The highest BCUT2D eigenvalue weighted by atomic mass is 32.2. The number of thioether (sulfide) groups is 1. The number of aryl methyl sites for hydroxylation is 1. The van der Waals surface area contributed by atoms with Crippen molar-refractivity contribution < 1.29 is 19.4 Å². The molecule has 0 saturated carbocycles. The summed E-state index contributed by atoms with van der Waals surface area (Å²) in [6.07, 6.45) is 2.21. The molecule has 3 rings (SSSR count). The predicted octanol–water partition coefficient (Wildman–Crippen LogP) is 5.69. The Hall–Kier alpha value is -3.18. The fourth-order valence-corrected chi connectivity index (χ4v) is 3.98. The smallest absolute Gasteiger partial charge is 0.341 e. The highest BCUT2D eigenvalue weighted by Crippen LogP contribution is 2.33. The molecule has 5 heteroatoms. The fraction of sp³-hybridized carbons (Fsp3) is 0.160. The molecule has 0 saturated heterocycles. The molecule has 0 heterocycles. The van der Waals surface area contributed by atoms with Gasteiger partial charge in [0.05, 0.1) is 7.11 Å². The van der Waals surface area contributed by atoms with Gasteiger partial charge in [-0.3, -0.25) is 0 Å². The third-order valence-electron chi connectivity index (χ3n) is 4.52. The molecule has 0 amide bonds. The Balaban J connectivity index is 1.81. The number of ether oxygens (including phenoxy) is 2. The Morgan fingerprint density at radius 3 is 2.47 bits per heavy atom. The average molecular weight is 421 g/mol. The first-order valence-corrected chi connectivity index (χ1v) is 10.5. The molecule has 0 spiro atoms. The van der Waals surface area contributed by atoms with Crippen molar-refractivity contribution in [1.82, 2.24) is 0 Å². The minimum Gasteiger partial charge on any atom is -0.496 e. The van der Waals surface area contributed by atoms with Crippen LogP contribution in [0, 0.1) is 6.92 Å². The van der Waals surface area contributed by atoms with E-state index in [1.807, 2.05) is 55.5 Å². The first-order chi connectivity index (χ1) is 14.6. The zero-order valence-corrected chi connectivity index (χ0v) is 17.8. The molecule has 30 heavy (non-hydrogen) atoms. The number of hydrogen-bond acceptors (Lipinski definition) is 4. The molecule has 0 bridgehead atoms. The number of aliphatic carboxylic acids is 1. The van der Waals surface area contributed by atoms with Crippen LogP contribution in [0.2, 0.25) is 0 Å². The van der Waals surface area contributed by atoms with E-state index in [-0.39, 0.29) is 6.61 Å². The zero-order valence-electron chi connectivity index (χ0n) is 17.0. The summed E-state index contributed by atoms with van der Waals surface area (Å²) in [5.41, 5.74) is 4.37. The van der Waals surface area contributed by atoms with Gasteiger partial charge in [-0.15, -0.1) is 11.8 Å². The molecule has 0 aliphatic rings. The molecule has 0 aromatic heterocycles. The highest BCUT2D eigenvalue weighted by molar-refractivity contribution is 7.99. The maximum Gasteiger partial charge on any atom is 0.341 e. The second-order valence-electron chi connectivity index (χ2n) is 6.60. The molecule has 3 aromatic carbocycles. The van der Waals surface area contributed by atoms with Gasteiger partial charge in [0.15, 0.2) is 6.61 Å². The lowest BCUT2D eigenvalue weighted by Gasteiger charge is -2.13. The SMILES string of the molecule is COc1ccccc1/C(=C\CSc1ccc(OCC(=O)O)cc1C)c1ccccc1. The third-order valence-corrected chi connectivity index (χ3v) is 5.62. The Morgan fingerprint density at radius 2 is 1.77 bits per heavy atom. The van der Waals surface area contributed by atoms with Crippen molar-refractivity contribution in [3.63, 3.8) is 0 Å². The van der Waals surface area contributed by atoms with Gasteiger partial charge in [0.1, 0.15) is 11.5 Å². The van der Waals surface area contributed by atoms with Crippen LogP contribution < -0.4 is 9.47 Å². The van der Waals surface area contributed by atoms with E-state index >= 15 is 0 Å². The summed E-state index contributed by atoms with van der Waals surface area (Å²) in [7, 11) is 1.69. The monoisotopic (exact) mass is 420 g/mol. The number of carboxylic acid groups (broad SMARTS) is 1. The summed E-state index contributed by atoms with van der Waals surface area (Å²) in [5, 5.41) is 8.75. The molecule has 0 aliphatic carbocycles. The van der Waals surface area contributed by atoms with Crippen LogP contribution in [0.1, 0.15) is 16.7 Å². The van der Waals surface area contributed by atoms with E-state index in [2.05, 4.69) is 24.3 Å². The summed E-state index contributed by atoms with van der Waals surface area (Å²) < 4.78 is 10.8. The van der Waals surface area contributed by atoms with Crippen molar-refractivity contribution in [3.8, 4) is 11.5 Å². The maximum absolute atomic E-state index is 10.7. The minimum atomic E-state index is -0.985. The van der Waals surface area contributed by atoms with Crippen molar-refractivity contribution in [3.05, 3.63) is 95.6 Å². The molecule has 0 fully saturated rings. The van der Waals surface area contributed by atoms with Crippen molar-refractivity contribution >= 4 is 23.3 Å². The van der Waals surface area contributed by atoms with E-state index in [0.29, 0.717) is 5.75 Å². The quantitative estimate of drug-likeness (QED) is 0.451. The first kappa shape index (κ1) is 21.5. The van der Waals surface area contributed by atoms with Crippen LogP contribution in [0.25, 0.3) is 5.57 Å². The van der Waals surface area contributed by atoms with Crippen LogP contribution in [0.4, 0.5) is 0 Å². The Kier molecular flexibility index (Phi) is 7.57. The van der Waals surface area contributed by atoms with E-state index in [1.54, 1.807) is 24.9 Å². The second-order valence-corrected chi connectivity index (χ2v) is 7.67. The summed E-state index contributed by atoms with van der Waals surface area (Å²) in [6, 6.07) is 23.9. The lowest BCUT2D eigenvalue weighted by molar-refractivity contribution is -0.139. The van der Waals surface area contributed by atoms with E-state index in [1.165, 1.54) is 0 Å². The van der Waals surface area contributed by atoms with Gasteiger partial charge in [-0.2, -0.15) is 0 Å². The number of benzene rings is 3. The van der Waals surface area contributed by atoms with Gasteiger partial charge in [0.2, 0.25) is 0 Å². The number of methoxy groups -OCH3 is 1.